The molecule has 0 amide bonds. The average molecular weight is 391 g/mol. The summed E-state index contributed by atoms with van der Waals surface area (Å²) in [6, 6.07) is 9.52. The molecule has 0 heterocycles. The van der Waals surface area contributed by atoms with Gasteiger partial charge in [0.1, 0.15) is 0 Å². The Labute approximate surface area is 177 Å². The molecule has 164 valence electrons. The third kappa shape index (κ3) is 19.9. The zero-order valence-corrected chi connectivity index (χ0v) is 19.4. The largest absolute Gasteiger partial charge is 0.392 e. The van der Waals surface area contributed by atoms with Crippen molar-refractivity contribution < 1.29 is 5.11 Å². The lowest BCUT2D eigenvalue weighted by molar-refractivity contribution is 0.282. The molecule has 0 radical (unpaired) electrons. The van der Waals surface area contributed by atoms with Crippen LogP contribution in [0.25, 0.3) is 0 Å². The molecule has 1 aromatic rings. The Morgan fingerprint density at radius 1 is 0.607 bits per heavy atom. The number of aliphatic hydroxyl groups excluding tert-OH is 1. The van der Waals surface area contributed by atoms with Crippen molar-refractivity contribution in [2.75, 3.05) is 0 Å². The summed E-state index contributed by atoms with van der Waals surface area (Å²) in [4.78, 5) is 0. The van der Waals surface area contributed by atoms with Crippen molar-refractivity contribution >= 4 is 0 Å². The van der Waals surface area contributed by atoms with E-state index in [1.165, 1.54) is 103 Å². The summed E-state index contributed by atoms with van der Waals surface area (Å²) in [5.41, 5.74) is 0.965. The first kappa shape index (κ1) is 27.2. The lowest BCUT2D eigenvalue weighted by atomic mass is 9.96. The average Bonchev–Trinajstić information content (AvgIpc) is 2.73. The van der Waals surface area contributed by atoms with Gasteiger partial charge in [0.05, 0.1) is 6.61 Å². The number of rotatable bonds is 17. The van der Waals surface area contributed by atoms with Gasteiger partial charge in [-0.25, -0.2) is 0 Å². The van der Waals surface area contributed by atoms with Gasteiger partial charge in [-0.3, -0.25) is 0 Å². The minimum Gasteiger partial charge on any atom is -0.392 e. The molecular weight excluding hydrogens is 340 g/mol. The Balaban J connectivity index is 0.000000749. The van der Waals surface area contributed by atoms with Crippen LogP contribution >= 0.6 is 0 Å². The Hall–Kier alpha value is -0.820. The summed E-state index contributed by atoms with van der Waals surface area (Å²) < 4.78 is 0. The second-order valence-electron chi connectivity index (χ2n) is 8.57. The molecule has 1 nitrogen and oxygen atoms in total. The molecule has 0 fully saturated rings. The monoisotopic (exact) mass is 390 g/mol. The van der Waals surface area contributed by atoms with Crippen molar-refractivity contribution in [1.29, 1.82) is 0 Å². The molecule has 0 aliphatic carbocycles. The van der Waals surface area contributed by atoms with Crippen LogP contribution in [0.5, 0.6) is 0 Å². The third-order valence-corrected chi connectivity index (χ3v) is 5.63. The van der Waals surface area contributed by atoms with Gasteiger partial charge in [-0.1, -0.05) is 154 Å². The molecule has 0 aliphatic heterocycles. The highest BCUT2D eigenvalue weighted by Gasteiger charge is 2.02. The summed E-state index contributed by atoms with van der Waals surface area (Å²) >= 11 is 0. The van der Waals surface area contributed by atoms with Crippen LogP contribution in [0.3, 0.4) is 0 Å². The smallest absolute Gasteiger partial charge is 0.0681 e. The van der Waals surface area contributed by atoms with Crippen molar-refractivity contribution in [1.82, 2.24) is 0 Å². The molecule has 0 saturated heterocycles. The quantitative estimate of drug-likeness (QED) is 0.263. The van der Waals surface area contributed by atoms with E-state index >= 15 is 0 Å². The van der Waals surface area contributed by atoms with Crippen LogP contribution in [-0.4, -0.2) is 5.11 Å². The van der Waals surface area contributed by atoms with Crippen molar-refractivity contribution in [2.24, 2.45) is 5.92 Å². The molecule has 0 bridgehead atoms. The maximum Gasteiger partial charge on any atom is 0.0681 e. The molecule has 28 heavy (non-hydrogen) atoms. The van der Waals surface area contributed by atoms with Gasteiger partial charge in [0.2, 0.25) is 0 Å². The Morgan fingerprint density at radius 3 is 1.36 bits per heavy atom. The molecule has 0 aromatic heterocycles. The Bertz CT molecular complexity index is 387. The normalized spacial score (nSPS) is 11.7. The zero-order chi connectivity index (χ0) is 20.7. The van der Waals surface area contributed by atoms with Gasteiger partial charge in [-0.2, -0.15) is 0 Å². The van der Waals surface area contributed by atoms with Crippen molar-refractivity contribution in [2.45, 2.75) is 130 Å². The Morgan fingerprint density at radius 2 is 1.00 bits per heavy atom. The van der Waals surface area contributed by atoms with E-state index in [4.69, 9.17) is 5.11 Å². The lowest BCUT2D eigenvalue weighted by Gasteiger charge is -2.11. The van der Waals surface area contributed by atoms with Gasteiger partial charge in [0.15, 0.2) is 0 Å². The van der Waals surface area contributed by atoms with E-state index in [2.05, 4.69) is 20.8 Å². The number of hydrogen-bond donors (Lipinski definition) is 1. The lowest BCUT2D eigenvalue weighted by Crippen LogP contribution is -1.95. The number of hydrogen-bond acceptors (Lipinski definition) is 1. The molecule has 1 heteroatoms. The van der Waals surface area contributed by atoms with E-state index in [9.17, 15) is 0 Å². The minimum absolute atomic E-state index is 0.140. The van der Waals surface area contributed by atoms with Crippen molar-refractivity contribution in [3.8, 4) is 0 Å². The highest BCUT2D eigenvalue weighted by Crippen LogP contribution is 2.18. The molecule has 0 saturated carbocycles. The first-order valence-electron chi connectivity index (χ1n) is 12.4. The summed E-state index contributed by atoms with van der Waals surface area (Å²) in [6.45, 7) is 7.20. The zero-order valence-electron chi connectivity index (χ0n) is 19.4. The fourth-order valence-corrected chi connectivity index (χ4v) is 3.63. The highest BCUT2D eigenvalue weighted by atomic mass is 16.3. The number of aliphatic hydroxyl groups is 1. The van der Waals surface area contributed by atoms with E-state index in [1.807, 2.05) is 30.3 Å². The second-order valence-corrected chi connectivity index (χ2v) is 8.57. The van der Waals surface area contributed by atoms with E-state index in [0.29, 0.717) is 0 Å². The van der Waals surface area contributed by atoms with Gasteiger partial charge in [-0.05, 0) is 11.5 Å². The SMILES string of the molecule is CCCCCCCCCCC(C)CCCCCCCC.OCc1ccccc1. The van der Waals surface area contributed by atoms with Crippen molar-refractivity contribution in [3.05, 3.63) is 35.9 Å². The molecule has 1 unspecified atom stereocenters. The maximum atomic E-state index is 8.54. The standard InChI is InChI=1S/C20H42.C7H8O/c1-4-6-8-10-12-13-15-17-19-20(3)18-16-14-11-9-7-5-2;8-6-7-4-2-1-3-5-7/h20H,4-19H2,1-3H3;1-5,8H,6H2. The Kier molecular flexibility index (Phi) is 21.8. The molecule has 1 N–H and O–H groups in total. The van der Waals surface area contributed by atoms with Crippen LogP contribution in [-0.2, 0) is 6.61 Å². The fourth-order valence-electron chi connectivity index (χ4n) is 3.63. The predicted molar refractivity (Wildman–Crippen MR) is 127 cm³/mol. The third-order valence-electron chi connectivity index (χ3n) is 5.63. The molecule has 0 spiro atoms. The van der Waals surface area contributed by atoms with E-state index < -0.39 is 0 Å². The van der Waals surface area contributed by atoms with Crippen molar-refractivity contribution in [3.63, 3.8) is 0 Å². The summed E-state index contributed by atoms with van der Waals surface area (Å²) in [5.74, 6) is 0.973. The van der Waals surface area contributed by atoms with Crippen LogP contribution in [0.4, 0.5) is 0 Å². The summed E-state index contributed by atoms with van der Waals surface area (Å²) in [6.07, 6.45) is 23.3. The number of benzene rings is 1. The topological polar surface area (TPSA) is 20.2 Å². The van der Waals surface area contributed by atoms with Gasteiger partial charge >= 0.3 is 0 Å². The molecule has 0 aliphatic rings. The van der Waals surface area contributed by atoms with Crippen LogP contribution < -0.4 is 0 Å². The molecule has 1 aromatic carbocycles. The van der Waals surface area contributed by atoms with Crippen LogP contribution in [0.1, 0.15) is 129 Å². The number of unbranched alkanes of at least 4 members (excludes halogenated alkanes) is 12. The molecule has 1 atom stereocenters. The van der Waals surface area contributed by atoms with Crippen LogP contribution in [0.2, 0.25) is 0 Å². The summed E-state index contributed by atoms with van der Waals surface area (Å²) in [7, 11) is 0. The highest BCUT2D eigenvalue weighted by molar-refractivity contribution is 5.12. The minimum atomic E-state index is 0.140. The predicted octanol–water partition coefficient (Wildman–Crippen LogP) is 9.08. The van der Waals surface area contributed by atoms with Crippen LogP contribution in [0.15, 0.2) is 30.3 Å². The fraction of sp³-hybridized carbons (Fsp3) is 0.778. The van der Waals surface area contributed by atoms with E-state index in [0.717, 1.165) is 11.5 Å². The van der Waals surface area contributed by atoms with Gasteiger partial charge in [0.25, 0.3) is 0 Å². The van der Waals surface area contributed by atoms with Gasteiger partial charge < -0.3 is 5.11 Å². The van der Waals surface area contributed by atoms with Gasteiger partial charge in [-0.15, -0.1) is 0 Å². The summed E-state index contributed by atoms with van der Waals surface area (Å²) in [5, 5.41) is 8.54. The second kappa shape index (κ2) is 22.5. The molecular formula is C27H50O. The van der Waals surface area contributed by atoms with Crippen LogP contribution in [0, 0.1) is 5.92 Å². The van der Waals surface area contributed by atoms with E-state index in [-0.39, 0.29) is 6.61 Å². The first-order chi connectivity index (χ1) is 13.7. The maximum absolute atomic E-state index is 8.54. The van der Waals surface area contributed by atoms with Gasteiger partial charge in [0, 0.05) is 0 Å². The molecule has 1 rings (SSSR count). The first-order valence-corrected chi connectivity index (χ1v) is 12.4. The van der Waals surface area contributed by atoms with E-state index in [1.54, 1.807) is 0 Å².